The summed E-state index contributed by atoms with van der Waals surface area (Å²) in [4.78, 5) is 0. The van der Waals surface area contributed by atoms with Crippen molar-refractivity contribution in [3.63, 3.8) is 0 Å². The molecule has 2 nitrogen and oxygen atoms in total. The average molecular weight is 434 g/mol. The van der Waals surface area contributed by atoms with Gasteiger partial charge in [0.1, 0.15) is 12.4 Å². The summed E-state index contributed by atoms with van der Waals surface area (Å²) in [5, 5.41) is 0. The van der Waals surface area contributed by atoms with Crippen LogP contribution in [-0.4, -0.2) is 4.57 Å². The van der Waals surface area contributed by atoms with Crippen LogP contribution in [0.4, 0.5) is 0 Å². The Hall–Kier alpha value is -0.790. The topological polar surface area (TPSA) is 8.81 Å². The summed E-state index contributed by atoms with van der Waals surface area (Å²) in [6.07, 6.45) is 31.5. The van der Waals surface area contributed by atoms with Crippen LogP contribution in [0.1, 0.15) is 161 Å². The van der Waals surface area contributed by atoms with Gasteiger partial charge in [0.15, 0.2) is 0 Å². The highest BCUT2D eigenvalue weighted by Crippen LogP contribution is 2.15. The third kappa shape index (κ3) is 14.1. The van der Waals surface area contributed by atoms with Crippen LogP contribution in [-0.2, 0) is 13.1 Å². The minimum absolute atomic E-state index is 0.608. The molecule has 0 spiro atoms. The van der Waals surface area contributed by atoms with Crippen LogP contribution in [0.25, 0.3) is 0 Å². The normalized spacial score (nSPS) is 11.6. The van der Waals surface area contributed by atoms with Crippen molar-refractivity contribution in [2.75, 3.05) is 0 Å². The average Bonchev–Trinajstić information content (AvgIpc) is 3.17. The van der Waals surface area contributed by atoms with Crippen molar-refractivity contribution in [2.45, 2.75) is 169 Å². The predicted octanol–water partition coefficient (Wildman–Crippen LogP) is 9.35. The van der Waals surface area contributed by atoms with Gasteiger partial charge in [0.2, 0.25) is 0 Å². The quantitative estimate of drug-likeness (QED) is 0.127. The van der Waals surface area contributed by atoms with Crippen LogP contribution < -0.4 is 4.57 Å². The van der Waals surface area contributed by atoms with Crippen LogP contribution in [0.2, 0.25) is 0 Å². The first-order valence-electron chi connectivity index (χ1n) is 14.3. The minimum atomic E-state index is 0.608. The summed E-state index contributed by atoms with van der Waals surface area (Å²) in [6, 6.07) is 0. The molecule has 0 atom stereocenters. The van der Waals surface area contributed by atoms with Gasteiger partial charge in [-0.25, -0.2) is 9.13 Å². The third-order valence-electron chi connectivity index (χ3n) is 6.79. The number of aromatic nitrogens is 2. The first-order valence-corrected chi connectivity index (χ1v) is 14.3. The molecule has 0 saturated heterocycles. The van der Waals surface area contributed by atoms with Crippen LogP contribution in [0.5, 0.6) is 0 Å². The fourth-order valence-electron chi connectivity index (χ4n) is 4.88. The Morgan fingerprint density at radius 1 is 0.613 bits per heavy atom. The number of rotatable bonds is 22. The lowest BCUT2D eigenvalue weighted by Crippen LogP contribution is -2.38. The molecule has 2 heteroatoms. The second-order valence-electron chi connectivity index (χ2n) is 10.2. The molecule has 0 aliphatic heterocycles. The molecule has 0 unspecified atom stereocenters. The number of unbranched alkanes of at least 4 members (excludes halogenated alkanes) is 17. The summed E-state index contributed by atoms with van der Waals surface area (Å²) in [7, 11) is 0. The summed E-state index contributed by atoms with van der Waals surface area (Å²) in [6.45, 7) is 11.7. The summed E-state index contributed by atoms with van der Waals surface area (Å²) in [5.74, 6) is 2.15. The Morgan fingerprint density at radius 3 is 1.48 bits per heavy atom. The lowest BCUT2D eigenvalue weighted by atomic mass is 10.1. The molecule has 0 aromatic carbocycles. The number of hydrogen-bond donors (Lipinski definition) is 0. The highest BCUT2D eigenvalue weighted by atomic mass is 15.1. The van der Waals surface area contributed by atoms with Crippen molar-refractivity contribution in [1.82, 2.24) is 4.57 Å². The van der Waals surface area contributed by atoms with E-state index >= 15 is 0 Å². The minimum Gasteiger partial charge on any atom is -0.234 e. The Labute approximate surface area is 196 Å². The van der Waals surface area contributed by atoms with Gasteiger partial charge in [-0.3, -0.25) is 0 Å². The zero-order chi connectivity index (χ0) is 22.6. The Balaban J connectivity index is 2.17. The van der Waals surface area contributed by atoms with Crippen LogP contribution >= 0.6 is 0 Å². The first-order chi connectivity index (χ1) is 15.2. The first kappa shape index (κ1) is 28.2. The maximum atomic E-state index is 2.54. The molecule has 1 aromatic rings. The Morgan fingerprint density at radius 2 is 1.03 bits per heavy atom. The second-order valence-corrected chi connectivity index (χ2v) is 10.2. The van der Waals surface area contributed by atoms with Crippen LogP contribution in [0.3, 0.4) is 0 Å². The highest BCUT2D eigenvalue weighted by molar-refractivity contribution is 4.89. The zero-order valence-electron chi connectivity index (χ0n) is 22.0. The fraction of sp³-hybridized carbons (Fsp3) is 0.897. The summed E-state index contributed by atoms with van der Waals surface area (Å²) < 4.78 is 5.09. The van der Waals surface area contributed by atoms with Crippen molar-refractivity contribution < 1.29 is 4.57 Å². The molecule has 0 radical (unpaired) electrons. The SMILES string of the molecule is CCCCCCCCCCCC[n+]1ccn(CCCCCCCCCCC)c1C(C)C. The fourth-order valence-corrected chi connectivity index (χ4v) is 4.88. The maximum Gasteiger partial charge on any atom is 0.258 e. The third-order valence-corrected chi connectivity index (χ3v) is 6.79. The Bertz CT molecular complexity index is 503. The molecular weight excluding hydrogens is 376 g/mol. The van der Waals surface area contributed by atoms with Crippen molar-refractivity contribution in [3.05, 3.63) is 18.2 Å². The van der Waals surface area contributed by atoms with E-state index < -0.39 is 0 Å². The van der Waals surface area contributed by atoms with Gasteiger partial charge >= 0.3 is 0 Å². The van der Waals surface area contributed by atoms with E-state index in [9.17, 15) is 0 Å². The van der Waals surface area contributed by atoms with Crippen LogP contribution in [0, 0.1) is 0 Å². The highest BCUT2D eigenvalue weighted by Gasteiger charge is 2.19. The molecule has 0 amide bonds. The Kier molecular flexibility index (Phi) is 18.1. The van der Waals surface area contributed by atoms with Gasteiger partial charge in [-0.1, -0.05) is 124 Å². The van der Waals surface area contributed by atoms with Gasteiger partial charge in [0, 0.05) is 0 Å². The molecule has 1 rings (SSSR count). The second kappa shape index (κ2) is 19.9. The number of nitrogens with zero attached hydrogens (tertiary/aromatic N) is 2. The van der Waals surface area contributed by atoms with E-state index in [-0.39, 0.29) is 0 Å². The van der Waals surface area contributed by atoms with Gasteiger partial charge in [-0.15, -0.1) is 0 Å². The van der Waals surface area contributed by atoms with E-state index in [1.807, 2.05) is 0 Å². The molecule has 1 aromatic heterocycles. The van der Waals surface area contributed by atoms with Gasteiger partial charge in [0.05, 0.1) is 19.0 Å². The van der Waals surface area contributed by atoms with Crippen molar-refractivity contribution in [1.29, 1.82) is 0 Å². The lowest BCUT2D eigenvalue weighted by molar-refractivity contribution is -0.705. The number of hydrogen-bond acceptors (Lipinski definition) is 0. The number of imidazole rings is 1. The van der Waals surface area contributed by atoms with Gasteiger partial charge in [-0.2, -0.15) is 0 Å². The number of aryl methyl sites for hydroxylation is 2. The molecule has 1 heterocycles. The van der Waals surface area contributed by atoms with E-state index in [4.69, 9.17) is 0 Å². The summed E-state index contributed by atoms with van der Waals surface area (Å²) >= 11 is 0. The van der Waals surface area contributed by atoms with Crippen molar-refractivity contribution in [2.24, 2.45) is 0 Å². The van der Waals surface area contributed by atoms with E-state index in [1.165, 1.54) is 141 Å². The van der Waals surface area contributed by atoms with E-state index in [0.717, 1.165) is 0 Å². The van der Waals surface area contributed by atoms with Crippen molar-refractivity contribution >= 4 is 0 Å². The molecule has 31 heavy (non-hydrogen) atoms. The maximum absolute atomic E-state index is 2.54. The summed E-state index contributed by atoms with van der Waals surface area (Å²) in [5.41, 5.74) is 0. The monoisotopic (exact) mass is 433 g/mol. The molecular formula is C29H57N2+. The molecule has 0 bridgehead atoms. The largest absolute Gasteiger partial charge is 0.258 e. The van der Waals surface area contributed by atoms with Gasteiger partial charge in [0.25, 0.3) is 5.82 Å². The molecule has 0 saturated carbocycles. The standard InChI is InChI=1S/C29H57N2/c1-5-7-9-11-13-15-17-19-21-23-25-31-27-26-30(29(31)28(3)4)24-22-20-18-16-14-12-10-8-6-2/h26-28H,5-25H2,1-4H3/q+1. The molecule has 182 valence electrons. The lowest BCUT2D eigenvalue weighted by Gasteiger charge is -2.08. The van der Waals surface area contributed by atoms with E-state index in [0.29, 0.717) is 5.92 Å². The molecule has 0 N–H and O–H groups in total. The molecule has 0 aliphatic carbocycles. The molecule has 0 aliphatic rings. The van der Waals surface area contributed by atoms with Gasteiger partial charge < -0.3 is 0 Å². The van der Waals surface area contributed by atoms with Gasteiger partial charge in [-0.05, 0) is 25.7 Å². The van der Waals surface area contributed by atoms with Crippen molar-refractivity contribution in [3.8, 4) is 0 Å². The van der Waals surface area contributed by atoms with E-state index in [2.05, 4.69) is 49.2 Å². The predicted molar refractivity (Wildman–Crippen MR) is 138 cm³/mol. The molecule has 0 fully saturated rings. The smallest absolute Gasteiger partial charge is 0.234 e. The van der Waals surface area contributed by atoms with Crippen LogP contribution in [0.15, 0.2) is 12.4 Å². The zero-order valence-corrected chi connectivity index (χ0v) is 22.0. The van der Waals surface area contributed by atoms with E-state index in [1.54, 1.807) is 0 Å².